The monoisotopic (exact) mass is 292 g/mol. The van der Waals surface area contributed by atoms with Crippen molar-refractivity contribution in [2.24, 2.45) is 5.92 Å². The molecule has 2 rings (SSSR count). The summed E-state index contributed by atoms with van der Waals surface area (Å²) in [6, 6.07) is 6.46. The number of rotatable bonds is 5. The fourth-order valence-corrected chi connectivity index (χ4v) is 2.44. The molecule has 0 saturated carbocycles. The third-order valence-electron chi connectivity index (χ3n) is 3.67. The van der Waals surface area contributed by atoms with Gasteiger partial charge in [-0.15, -0.1) is 0 Å². The molecule has 0 radical (unpaired) electrons. The largest absolute Gasteiger partial charge is 0.371 e. The maximum absolute atomic E-state index is 11.9. The lowest BCUT2D eigenvalue weighted by atomic mass is 9.95. The summed E-state index contributed by atoms with van der Waals surface area (Å²) in [6.07, 6.45) is 0.901. The highest BCUT2D eigenvalue weighted by Gasteiger charge is 2.22. The highest BCUT2D eigenvalue weighted by Crippen LogP contribution is 2.22. The Kier molecular flexibility index (Phi) is 5.10. The lowest BCUT2D eigenvalue weighted by molar-refractivity contribution is -0.383. The lowest BCUT2D eigenvalue weighted by Gasteiger charge is -2.30. The summed E-state index contributed by atoms with van der Waals surface area (Å²) in [5.41, 5.74) is 0.330. The van der Waals surface area contributed by atoms with Gasteiger partial charge in [-0.1, -0.05) is 19.1 Å². The maximum atomic E-state index is 11.9. The number of carbonyl (C=O) groups is 1. The van der Waals surface area contributed by atoms with E-state index in [1.165, 1.54) is 6.07 Å². The Balaban J connectivity index is 1.88. The first-order valence-corrected chi connectivity index (χ1v) is 7.05. The van der Waals surface area contributed by atoms with Crippen LogP contribution in [0.1, 0.15) is 13.3 Å². The fourth-order valence-electron chi connectivity index (χ4n) is 2.44. The van der Waals surface area contributed by atoms with Crippen molar-refractivity contribution in [3.63, 3.8) is 0 Å². The molecule has 1 aromatic carbocycles. The zero-order valence-electron chi connectivity index (χ0n) is 12.0. The van der Waals surface area contributed by atoms with E-state index in [-0.39, 0.29) is 24.2 Å². The predicted octanol–water partition coefficient (Wildman–Crippen LogP) is 1.12. The summed E-state index contributed by atoms with van der Waals surface area (Å²) in [5.74, 6) is 0.237. The average molecular weight is 292 g/mol. The molecule has 114 valence electrons. The fraction of sp³-hybridized carbons (Fsp3) is 0.500. The summed E-state index contributed by atoms with van der Waals surface area (Å²) in [6.45, 7) is 3.91. The summed E-state index contributed by atoms with van der Waals surface area (Å²) in [7, 11) is 0. The quantitative estimate of drug-likeness (QED) is 0.558. The van der Waals surface area contributed by atoms with Crippen molar-refractivity contribution >= 4 is 17.3 Å². The van der Waals surface area contributed by atoms with Crippen LogP contribution in [0.4, 0.5) is 11.4 Å². The minimum Gasteiger partial charge on any atom is -0.371 e. The van der Waals surface area contributed by atoms with E-state index in [1.54, 1.807) is 18.2 Å². The molecular weight excluding hydrogens is 272 g/mol. The minimum absolute atomic E-state index is 0.0273. The van der Waals surface area contributed by atoms with E-state index in [4.69, 9.17) is 0 Å². The molecule has 0 aromatic heterocycles. The first kappa shape index (κ1) is 15.2. The molecule has 1 amide bonds. The second-order valence-corrected chi connectivity index (χ2v) is 5.27. The number of carbonyl (C=O) groups excluding carboxylic acids is 1. The van der Waals surface area contributed by atoms with E-state index in [0.29, 0.717) is 11.6 Å². The van der Waals surface area contributed by atoms with Gasteiger partial charge in [0.05, 0.1) is 11.5 Å². The molecule has 1 aliphatic rings. The standard InChI is InChI=1S/C14H20N4O3/c1-10-8-15-7-6-11(10)17-14(19)9-16-12-4-2-3-5-13(12)18(20)21/h2-5,10-11,15-16H,6-9H2,1H3,(H,17,19). The molecule has 1 aliphatic heterocycles. The van der Waals surface area contributed by atoms with Gasteiger partial charge < -0.3 is 16.0 Å². The van der Waals surface area contributed by atoms with Gasteiger partial charge in [-0.3, -0.25) is 14.9 Å². The van der Waals surface area contributed by atoms with E-state index in [1.807, 2.05) is 0 Å². The Labute approximate surface area is 123 Å². The zero-order chi connectivity index (χ0) is 15.2. The van der Waals surface area contributed by atoms with Crippen LogP contribution < -0.4 is 16.0 Å². The number of nitrogens with zero attached hydrogens (tertiary/aromatic N) is 1. The number of amides is 1. The van der Waals surface area contributed by atoms with E-state index in [0.717, 1.165) is 19.5 Å². The second-order valence-electron chi connectivity index (χ2n) is 5.27. The molecule has 2 unspecified atom stereocenters. The van der Waals surface area contributed by atoms with Crippen LogP contribution in [-0.4, -0.2) is 36.5 Å². The molecular formula is C14H20N4O3. The van der Waals surface area contributed by atoms with Gasteiger partial charge >= 0.3 is 0 Å². The van der Waals surface area contributed by atoms with Gasteiger partial charge in [-0.2, -0.15) is 0 Å². The summed E-state index contributed by atoms with van der Waals surface area (Å²) < 4.78 is 0. The van der Waals surface area contributed by atoms with Crippen LogP contribution in [0.2, 0.25) is 0 Å². The number of nitro groups is 1. The molecule has 3 N–H and O–H groups in total. The average Bonchev–Trinajstić information content (AvgIpc) is 2.48. The number of anilines is 1. The predicted molar refractivity (Wildman–Crippen MR) is 80.2 cm³/mol. The Morgan fingerprint density at radius 2 is 2.24 bits per heavy atom. The van der Waals surface area contributed by atoms with Crippen LogP contribution in [-0.2, 0) is 4.79 Å². The number of benzene rings is 1. The Hall–Kier alpha value is -2.15. The number of para-hydroxylation sites is 2. The van der Waals surface area contributed by atoms with E-state index < -0.39 is 4.92 Å². The van der Waals surface area contributed by atoms with Crippen LogP contribution in [0.5, 0.6) is 0 Å². The SMILES string of the molecule is CC1CNCCC1NC(=O)CNc1ccccc1[N+](=O)[O-]. The van der Waals surface area contributed by atoms with Crippen LogP contribution in [0.15, 0.2) is 24.3 Å². The van der Waals surface area contributed by atoms with Crippen molar-refractivity contribution in [2.45, 2.75) is 19.4 Å². The van der Waals surface area contributed by atoms with E-state index >= 15 is 0 Å². The van der Waals surface area contributed by atoms with Gasteiger partial charge in [0.15, 0.2) is 0 Å². The normalized spacial score (nSPS) is 21.6. The topological polar surface area (TPSA) is 96.3 Å². The molecule has 0 bridgehead atoms. The molecule has 7 nitrogen and oxygen atoms in total. The summed E-state index contributed by atoms with van der Waals surface area (Å²) in [5, 5.41) is 20.0. The van der Waals surface area contributed by atoms with Gasteiger partial charge in [0, 0.05) is 12.1 Å². The van der Waals surface area contributed by atoms with Crippen LogP contribution in [0.3, 0.4) is 0 Å². The first-order valence-electron chi connectivity index (χ1n) is 7.05. The molecule has 2 atom stereocenters. The highest BCUT2D eigenvalue weighted by molar-refractivity contribution is 5.82. The van der Waals surface area contributed by atoms with Gasteiger partial charge in [0.25, 0.3) is 5.69 Å². The van der Waals surface area contributed by atoms with Gasteiger partial charge in [0.1, 0.15) is 5.69 Å². The molecule has 0 aliphatic carbocycles. The Bertz CT molecular complexity index is 521. The molecule has 1 fully saturated rings. The third-order valence-corrected chi connectivity index (χ3v) is 3.67. The van der Waals surface area contributed by atoms with Gasteiger partial charge in [0.2, 0.25) is 5.91 Å². The molecule has 21 heavy (non-hydrogen) atoms. The number of nitro benzene ring substituents is 1. The highest BCUT2D eigenvalue weighted by atomic mass is 16.6. The lowest BCUT2D eigenvalue weighted by Crippen LogP contribution is -2.49. The molecule has 1 heterocycles. The minimum atomic E-state index is -0.463. The Morgan fingerprint density at radius 1 is 1.48 bits per heavy atom. The maximum Gasteiger partial charge on any atom is 0.292 e. The number of piperidine rings is 1. The van der Waals surface area contributed by atoms with Crippen molar-refractivity contribution < 1.29 is 9.72 Å². The number of nitrogens with one attached hydrogen (secondary N) is 3. The summed E-state index contributed by atoms with van der Waals surface area (Å²) >= 11 is 0. The second kappa shape index (κ2) is 7.03. The van der Waals surface area contributed by atoms with Crippen LogP contribution >= 0.6 is 0 Å². The van der Waals surface area contributed by atoms with Crippen LogP contribution in [0.25, 0.3) is 0 Å². The third kappa shape index (κ3) is 4.16. The zero-order valence-corrected chi connectivity index (χ0v) is 12.0. The summed E-state index contributed by atoms with van der Waals surface area (Å²) in [4.78, 5) is 22.4. The van der Waals surface area contributed by atoms with Crippen molar-refractivity contribution in [2.75, 3.05) is 25.0 Å². The molecule has 7 heteroatoms. The van der Waals surface area contributed by atoms with Crippen molar-refractivity contribution in [3.05, 3.63) is 34.4 Å². The Morgan fingerprint density at radius 3 is 2.95 bits per heavy atom. The van der Waals surface area contributed by atoms with E-state index in [2.05, 4.69) is 22.9 Å². The molecule has 0 spiro atoms. The number of hydrogen-bond acceptors (Lipinski definition) is 5. The first-order chi connectivity index (χ1) is 10.1. The van der Waals surface area contributed by atoms with E-state index in [9.17, 15) is 14.9 Å². The van der Waals surface area contributed by atoms with Crippen molar-refractivity contribution in [1.82, 2.24) is 10.6 Å². The number of hydrogen-bond donors (Lipinski definition) is 3. The molecule has 1 saturated heterocycles. The molecule has 1 aromatic rings. The van der Waals surface area contributed by atoms with Gasteiger partial charge in [-0.25, -0.2) is 0 Å². The van der Waals surface area contributed by atoms with Gasteiger partial charge in [-0.05, 0) is 31.5 Å². The van der Waals surface area contributed by atoms with Crippen molar-refractivity contribution in [3.8, 4) is 0 Å². The van der Waals surface area contributed by atoms with Crippen LogP contribution in [0, 0.1) is 16.0 Å². The van der Waals surface area contributed by atoms with Crippen molar-refractivity contribution in [1.29, 1.82) is 0 Å². The smallest absolute Gasteiger partial charge is 0.292 e.